The summed E-state index contributed by atoms with van der Waals surface area (Å²) >= 11 is 12.0. The minimum Gasteiger partial charge on any atom is -0.0843 e. The molecule has 2 aromatic rings. The third-order valence-corrected chi connectivity index (χ3v) is 3.34. The Labute approximate surface area is 106 Å². The van der Waals surface area contributed by atoms with Crippen LogP contribution in [0.4, 0.5) is 0 Å². The third kappa shape index (κ3) is 2.40. The van der Waals surface area contributed by atoms with Crippen molar-refractivity contribution in [3.8, 4) is 0 Å². The van der Waals surface area contributed by atoms with Crippen LogP contribution in [0, 0.1) is 0 Å². The van der Waals surface area contributed by atoms with Crippen LogP contribution >= 0.6 is 23.2 Å². The van der Waals surface area contributed by atoms with Crippen LogP contribution in [-0.2, 0) is 0 Å². The number of benzene rings is 2. The van der Waals surface area contributed by atoms with Crippen LogP contribution in [0.25, 0.3) is 0 Å². The lowest BCUT2D eigenvalue weighted by molar-refractivity contribution is 0.923. The molecule has 0 saturated heterocycles. The van der Waals surface area contributed by atoms with Crippen molar-refractivity contribution in [1.29, 1.82) is 0 Å². The average molecular weight is 251 g/mol. The highest BCUT2D eigenvalue weighted by atomic mass is 35.5. The molecule has 0 amide bonds. The van der Waals surface area contributed by atoms with Crippen LogP contribution < -0.4 is 0 Å². The van der Waals surface area contributed by atoms with Gasteiger partial charge in [-0.15, -0.1) is 0 Å². The van der Waals surface area contributed by atoms with Gasteiger partial charge in [-0.05, 0) is 29.3 Å². The van der Waals surface area contributed by atoms with Crippen molar-refractivity contribution < 1.29 is 0 Å². The summed E-state index contributed by atoms with van der Waals surface area (Å²) in [5.41, 5.74) is 2.36. The second-order valence-electron chi connectivity index (χ2n) is 3.79. The molecule has 82 valence electrons. The Balaban J connectivity index is 2.35. The second kappa shape index (κ2) is 4.90. The summed E-state index contributed by atoms with van der Waals surface area (Å²) in [6.45, 7) is 2.14. The standard InChI is InChI=1S/C14H12Cl2/c1-10(11-6-8-12(15)9-7-11)13-4-2-3-5-14(13)16/h2-10H,1H3/t10-/m0/s1. The van der Waals surface area contributed by atoms with E-state index < -0.39 is 0 Å². The van der Waals surface area contributed by atoms with Gasteiger partial charge in [-0.3, -0.25) is 0 Å². The maximum atomic E-state index is 6.17. The summed E-state index contributed by atoms with van der Waals surface area (Å²) in [4.78, 5) is 0. The smallest absolute Gasteiger partial charge is 0.0444 e. The molecule has 0 bridgehead atoms. The monoisotopic (exact) mass is 250 g/mol. The zero-order valence-corrected chi connectivity index (χ0v) is 10.5. The van der Waals surface area contributed by atoms with Crippen molar-refractivity contribution in [2.24, 2.45) is 0 Å². The molecule has 0 heterocycles. The van der Waals surface area contributed by atoms with Gasteiger partial charge in [0.05, 0.1) is 0 Å². The van der Waals surface area contributed by atoms with Gasteiger partial charge < -0.3 is 0 Å². The minimum atomic E-state index is 0.283. The molecule has 2 aromatic carbocycles. The molecule has 1 atom stereocenters. The molecule has 0 aromatic heterocycles. The molecule has 0 aliphatic carbocycles. The largest absolute Gasteiger partial charge is 0.0843 e. The molecule has 0 unspecified atom stereocenters. The fourth-order valence-electron chi connectivity index (χ4n) is 1.76. The first-order chi connectivity index (χ1) is 7.68. The molecule has 0 aliphatic rings. The molecule has 2 rings (SSSR count). The maximum Gasteiger partial charge on any atom is 0.0444 e. The fourth-order valence-corrected chi connectivity index (χ4v) is 2.18. The number of halogens is 2. The molecule has 0 N–H and O–H groups in total. The first kappa shape index (κ1) is 11.5. The highest BCUT2D eigenvalue weighted by molar-refractivity contribution is 6.31. The van der Waals surface area contributed by atoms with Gasteiger partial charge in [0, 0.05) is 16.0 Å². The third-order valence-electron chi connectivity index (χ3n) is 2.74. The highest BCUT2D eigenvalue weighted by Gasteiger charge is 2.10. The highest BCUT2D eigenvalue weighted by Crippen LogP contribution is 2.30. The molecule has 0 spiro atoms. The molecule has 0 saturated carbocycles. The van der Waals surface area contributed by atoms with E-state index in [2.05, 4.69) is 13.0 Å². The van der Waals surface area contributed by atoms with Gasteiger partial charge in [0.15, 0.2) is 0 Å². The number of hydrogen-bond donors (Lipinski definition) is 0. The lowest BCUT2D eigenvalue weighted by atomic mass is 9.93. The van der Waals surface area contributed by atoms with Crippen LogP contribution in [0.1, 0.15) is 24.0 Å². The number of rotatable bonds is 2. The predicted molar refractivity (Wildman–Crippen MR) is 70.4 cm³/mol. The molecule has 0 aliphatic heterocycles. The quantitative estimate of drug-likeness (QED) is 0.692. The Bertz CT molecular complexity index is 474. The molecule has 0 nitrogen and oxygen atoms in total. The summed E-state index contributed by atoms with van der Waals surface area (Å²) < 4.78 is 0. The minimum absolute atomic E-state index is 0.283. The van der Waals surface area contributed by atoms with Crippen LogP contribution in [-0.4, -0.2) is 0 Å². The van der Waals surface area contributed by atoms with Gasteiger partial charge in [0.1, 0.15) is 0 Å². The van der Waals surface area contributed by atoms with Gasteiger partial charge >= 0.3 is 0 Å². The molecule has 0 radical (unpaired) electrons. The van der Waals surface area contributed by atoms with Crippen molar-refractivity contribution in [2.45, 2.75) is 12.8 Å². The van der Waals surface area contributed by atoms with E-state index in [-0.39, 0.29) is 5.92 Å². The van der Waals surface area contributed by atoms with Crippen molar-refractivity contribution in [1.82, 2.24) is 0 Å². The predicted octanol–water partition coefficient (Wildman–Crippen LogP) is 5.15. The van der Waals surface area contributed by atoms with Crippen molar-refractivity contribution >= 4 is 23.2 Å². The van der Waals surface area contributed by atoms with Crippen LogP contribution in [0.3, 0.4) is 0 Å². The Morgan fingerprint density at radius 2 is 1.50 bits per heavy atom. The summed E-state index contributed by atoms with van der Waals surface area (Å²) in [7, 11) is 0. The van der Waals surface area contributed by atoms with E-state index in [4.69, 9.17) is 23.2 Å². The van der Waals surface area contributed by atoms with Gasteiger partial charge in [-0.1, -0.05) is 60.5 Å². The summed E-state index contributed by atoms with van der Waals surface area (Å²) in [6, 6.07) is 15.8. The fraction of sp³-hybridized carbons (Fsp3) is 0.143. The topological polar surface area (TPSA) is 0 Å². The summed E-state index contributed by atoms with van der Waals surface area (Å²) in [5.74, 6) is 0.283. The Kier molecular flexibility index (Phi) is 3.52. The van der Waals surface area contributed by atoms with E-state index in [1.807, 2.05) is 42.5 Å². The zero-order chi connectivity index (χ0) is 11.5. The molecule has 2 heteroatoms. The Morgan fingerprint density at radius 3 is 2.12 bits per heavy atom. The zero-order valence-electron chi connectivity index (χ0n) is 8.95. The van der Waals surface area contributed by atoms with E-state index in [0.717, 1.165) is 15.6 Å². The van der Waals surface area contributed by atoms with E-state index in [1.165, 1.54) is 5.56 Å². The van der Waals surface area contributed by atoms with Crippen molar-refractivity contribution in [2.75, 3.05) is 0 Å². The second-order valence-corrected chi connectivity index (χ2v) is 4.64. The Hall–Kier alpha value is -0.980. The molecule has 0 fully saturated rings. The SMILES string of the molecule is C[C@@H](c1ccc(Cl)cc1)c1ccccc1Cl. The van der Waals surface area contributed by atoms with E-state index in [9.17, 15) is 0 Å². The van der Waals surface area contributed by atoms with Gasteiger partial charge in [0.25, 0.3) is 0 Å². The van der Waals surface area contributed by atoms with Gasteiger partial charge in [-0.25, -0.2) is 0 Å². The first-order valence-electron chi connectivity index (χ1n) is 5.18. The number of hydrogen-bond acceptors (Lipinski definition) is 0. The molecular weight excluding hydrogens is 239 g/mol. The van der Waals surface area contributed by atoms with Crippen molar-refractivity contribution in [3.05, 3.63) is 69.7 Å². The lowest BCUT2D eigenvalue weighted by Crippen LogP contribution is -1.96. The molecular formula is C14H12Cl2. The van der Waals surface area contributed by atoms with E-state index in [0.29, 0.717) is 0 Å². The van der Waals surface area contributed by atoms with Crippen LogP contribution in [0.15, 0.2) is 48.5 Å². The average Bonchev–Trinajstić information content (AvgIpc) is 2.30. The summed E-state index contributed by atoms with van der Waals surface area (Å²) in [5, 5.41) is 1.57. The van der Waals surface area contributed by atoms with Gasteiger partial charge in [0.2, 0.25) is 0 Å². The summed E-state index contributed by atoms with van der Waals surface area (Å²) in [6.07, 6.45) is 0. The molecule has 16 heavy (non-hydrogen) atoms. The van der Waals surface area contributed by atoms with Crippen LogP contribution in [0.2, 0.25) is 10.0 Å². The Morgan fingerprint density at radius 1 is 0.875 bits per heavy atom. The first-order valence-corrected chi connectivity index (χ1v) is 5.94. The maximum absolute atomic E-state index is 6.17. The normalized spacial score (nSPS) is 12.4. The lowest BCUT2D eigenvalue weighted by Gasteiger charge is -2.13. The van der Waals surface area contributed by atoms with E-state index >= 15 is 0 Å². The van der Waals surface area contributed by atoms with Gasteiger partial charge in [-0.2, -0.15) is 0 Å². The van der Waals surface area contributed by atoms with Crippen LogP contribution in [0.5, 0.6) is 0 Å². The van der Waals surface area contributed by atoms with Crippen molar-refractivity contribution in [3.63, 3.8) is 0 Å². The van der Waals surface area contributed by atoms with E-state index in [1.54, 1.807) is 0 Å².